The molecule has 2 aromatic heterocycles. The topological polar surface area (TPSA) is 93.4 Å². The molecular weight excluding hydrogens is 298 g/mol. The molecule has 8 nitrogen and oxygen atoms in total. The van der Waals surface area contributed by atoms with Crippen LogP contribution in [0.15, 0.2) is 29.4 Å². The Labute approximate surface area is 133 Å². The summed E-state index contributed by atoms with van der Waals surface area (Å²) in [6.07, 6.45) is 5.42. The lowest BCUT2D eigenvalue weighted by atomic mass is 10.2. The second-order valence-corrected chi connectivity index (χ2v) is 5.43. The van der Waals surface area contributed by atoms with Crippen LogP contribution in [0.3, 0.4) is 0 Å². The number of nitrogens with one attached hydrogen (secondary N) is 1. The molecule has 8 heteroatoms. The van der Waals surface area contributed by atoms with Gasteiger partial charge in [-0.1, -0.05) is 0 Å². The van der Waals surface area contributed by atoms with Gasteiger partial charge in [0.1, 0.15) is 17.9 Å². The zero-order chi connectivity index (χ0) is 16.2. The first-order valence-electron chi connectivity index (χ1n) is 7.42. The monoisotopic (exact) mass is 317 g/mol. The van der Waals surface area contributed by atoms with E-state index in [1.54, 1.807) is 20.2 Å². The Morgan fingerprint density at radius 2 is 2.39 bits per heavy atom. The van der Waals surface area contributed by atoms with Gasteiger partial charge in [0.05, 0.1) is 12.1 Å². The molecule has 23 heavy (non-hydrogen) atoms. The summed E-state index contributed by atoms with van der Waals surface area (Å²) in [6, 6.07) is 1.96. The molecule has 3 rings (SSSR count). The van der Waals surface area contributed by atoms with Gasteiger partial charge in [0.25, 0.3) is 5.91 Å². The number of hydrogen-bond donors (Lipinski definition) is 1. The first kappa shape index (κ1) is 15.4. The standard InChI is InChI=1S/C15H19N5O3/c1-10-14(19-9-23-10)15(21)17-6-11-5-12(22-2)7-20(11)13-3-4-16-8-18-13/h3-4,8-9,11-12H,5-7H2,1-2H3,(H,17,21)/t11-,12-/m1/s1. The third-order valence-electron chi connectivity index (χ3n) is 4.03. The van der Waals surface area contributed by atoms with E-state index in [-0.39, 0.29) is 18.1 Å². The summed E-state index contributed by atoms with van der Waals surface area (Å²) in [5.74, 6) is 1.10. The summed E-state index contributed by atoms with van der Waals surface area (Å²) < 4.78 is 10.5. The number of anilines is 1. The van der Waals surface area contributed by atoms with Crippen molar-refractivity contribution in [1.82, 2.24) is 20.3 Å². The number of nitrogens with zero attached hydrogens (tertiary/aromatic N) is 4. The van der Waals surface area contributed by atoms with Gasteiger partial charge < -0.3 is 19.4 Å². The fourth-order valence-electron chi connectivity index (χ4n) is 2.79. The van der Waals surface area contributed by atoms with Crippen molar-refractivity contribution in [3.63, 3.8) is 0 Å². The predicted octanol–water partition coefficient (Wildman–Crippen LogP) is 0.797. The van der Waals surface area contributed by atoms with Crippen LogP contribution in [0.4, 0.5) is 5.82 Å². The molecule has 1 aliphatic heterocycles. The van der Waals surface area contributed by atoms with Crippen molar-refractivity contribution < 1.29 is 13.9 Å². The summed E-state index contributed by atoms with van der Waals surface area (Å²) >= 11 is 0. The van der Waals surface area contributed by atoms with E-state index in [1.165, 1.54) is 12.7 Å². The second-order valence-electron chi connectivity index (χ2n) is 5.43. The van der Waals surface area contributed by atoms with Crippen LogP contribution in [-0.4, -0.2) is 53.2 Å². The van der Waals surface area contributed by atoms with E-state index in [4.69, 9.17) is 9.15 Å². The summed E-state index contributed by atoms with van der Waals surface area (Å²) in [6.45, 7) is 2.93. The molecule has 2 atom stereocenters. The predicted molar refractivity (Wildman–Crippen MR) is 82.2 cm³/mol. The Bertz CT molecular complexity index is 660. The summed E-state index contributed by atoms with van der Waals surface area (Å²) in [5.41, 5.74) is 0.319. The molecule has 1 saturated heterocycles. The minimum Gasteiger partial charge on any atom is -0.448 e. The quantitative estimate of drug-likeness (QED) is 0.871. The van der Waals surface area contributed by atoms with Gasteiger partial charge in [-0.25, -0.2) is 15.0 Å². The number of aryl methyl sites for hydroxylation is 1. The molecule has 0 unspecified atom stereocenters. The van der Waals surface area contributed by atoms with E-state index < -0.39 is 0 Å². The highest BCUT2D eigenvalue weighted by Gasteiger charge is 2.33. The summed E-state index contributed by atoms with van der Waals surface area (Å²) in [4.78, 5) is 26.5. The van der Waals surface area contributed by atoms with Crippen LogP contribution >= 0.6 is 0 Å². The van der Waals surface area contributed by atoms with Gasteiger partial charge in [0.15, 0.2) is 12.1 Å². The molecule has 3 heterocycles. The van der Waals surface area contributed by atoms with Gasteiger partial charge in [-0.05, 0) is 19.4 Å². The van der Waals surface area contributed by atoms with Crippen molar-refractivity contribution in [1.29, 1.82) is 0 Å². The Hall–Kier alpha value is -2.48. The van der Waals surface area contributed by atoms with Crippen molar-refractivity contribution in [2.75, 3.05) is 25.1 Å². The van der Waals surface area contributed by atoms with E-state index >= 15 is 0 Å². The zero-order valence-electron chi connectivity index (χ0n) is 13.1. The maximum atomic E-state index is 12.2. The van der Waals surface area contributed by atoms with Crippen LogP contribution in [0.5, 0.6) is 0 Å². The Morgan fingerprint density at radius 1 is 1.52 bits per heavy atom. The first-order valence-corrected chi connectivity index (χ1v) is 7.42. The maximum absolute atomic E-state index is 12.2. The van der Waals surface area contributed by atoms with Crippen LogP contribution in [0.25, 0.3) is 0 Å². The van der Waals surface area contributed by atoms with E-state index in [1.807, 2.05) is 6.07 Å². The maximum Gasteiger partial charge on any atom is 0.273 e. The van der Waals surface area contributed by atoms with Crippen molar-refractivity contribution in [2.24, 2.45) is 0 Å². The van der Waals surface area contributed by atoms with Crippen LogP contribution in [0, 0.1) is 6.92 Å². The number of ether oxygens (including phenoxy) is 1. The molecule has 0 saturated carbocycles. The van der Waals surface area contributed by atoms with Crippen LogP contribution in [0.1, 0.15) is 22.7 Å². The molecule has 0 aromatic carbocycles. The van der Waals surface area contributed by atoms with Crippen LogP contribution in [0.2, 0.25) is 0 Å². The molecule has 0 spiro atoms. The van der Waals surface area contributed by atoms with Crippen molar-refractivity contribution in [3.05, 3.63) is 36.4 Å². The van der Waals surface area contributed by atoms with E-state index in [0.717, 1.165) is 18.8 Å². The number of rotatable bonds is 5. The highest BCUT2D eigenvalue weighted by Crippen LogP contribution is 2.24. The number of methoxy groups -OCH3 is 1. The molecule has 122 valence electrons. The summed E-state index contributed by atoms with van der Waals surface area (Å²) in [5, 5.41) is 2.91. The molecule has 2 aromatic rings. The molecule has 0 radical (unpaired) electrons. The lowest BCUT2D eigenvalue weighted by molar-refractivity contribution is 0.0940. The Balaban J connectivity index is 1.67. The average molecular weight is 317 g/mol. The fourth-order valence-corrected chi connectivity index (χ4v) is 2.79. The van der Waals surface area contributed by atoms with E-state index in [2.05, 4.69) is 25.2 Å². The number of aromatic nitrogens is 3. The first-order chi connectivity index (χ1) is 11.2. The van der Waals surface area contributed by atoms with Gasteiger partial charge in [0, 0.05) is 26.4 Å². The highest BCUT2D eigenvalue weighted by atomic mass is 16.5. The minimum absolute atomic E-state index is 0.103. The number of hydrogen-bond acceptors (Lipinski definition) is 7. The number of carbonyl (C=O) groups is 1. The molecule has 0 bridgehead atoms. The molecular formula is C15H19N5O3. The molecule has 1 N–H and O–H groups in total. The SMILES string of the molecule is CO[C@@H]1C[C@H](CNC(=O)c2ncoc2C)N(c2ccncn2)C1. The Morgan fingerprint density at radius 3 is 3.04 bits per heavy atom. The molecule has 1 fully saturated rings. The second kappa shape index (κ2) is 6.74. The largest absolute Gasteiger partial charge is 0.448 e. The zero-order valence-corrected chi connectivity index (χ0v) is 13.1. The minimum atomic E-state index is -0.236. The molecule has 1 aliphatic rings. The fraction of sp³-hybridized carbons (Fsp3) is 0.467. The smallest absolute Gasteiger partial charge is 0.273 e. The third kappa shape index (κ3) is 3.31. The van der Waals surface area contributed by atoms with Crippen LogP contribution in [-0.2, 0) is 4.74 Å². The molecule has 1 amide bonds. The van der Waals surface area contributed by atoms with Crippen LogP contribution < -0.4 is 10.2 Å². The molecule has 0 aliphatic carbocycles. The van der Waals surface area contributed by atoms with Crippen molar-refractivity contribution in [3.8, 4) is 0 Å². The normalized spacial score (nSPS) is 20.7. The highest BCUT2D eigenvalue weighted by molar-refractivity contribution is 5.93. The van der Waals surface area contributed by atoms with Gasteiger partial charge >= 0.3 is 0 Å². The van der Waals surface area contributed by atoms with Crippen molar-refractivity contribution in [2.45, 2.75) is 25.5 Å². The van der Waals surface area contributed by atoms with Gasteiger partial charge in [-0.2, -0.15) is 0 Å². The van der Waals surface area contributed by atoms with Gasteiger partial charge in [-0.3, -0.25) is 4.79 Å². The van der Waals surface area contributed by atoms with Gasteiger partial charge in [-0.15, -0.1) is 0 Å². The third-order valence-corrected chi connectivity index (χ3v) is 4.03. The van der Waals surface area contributed by atoms with Gasteiger partial charge in [0.2, 0.25) is 0 Å². The van der Waals surface area contributed by atoms with E-state index in [9.17, 15) is 4.79 Å². The average Bonchev–Trinajstić information content (AvgIpc) is 3.19. The van der Waals surface area contributed by atoms with Crippen molar-refractivity contribution >= 4 is 11.7 Å². The number of oxazole rings is 1. The van der Waals surface area contributed by atoms with E-state index in [0.29, 0.717) is 18.0 Å². The lowest BCUT2D eigenvalue weighted by Gasteiger charge is -2.25. The Kier molecular flexibility index (Phi) is 4.52. The number of amides is 1. The lowest BCUT2D eigenvalue weighted by Crippen LogP contribution is -2.40. The summed E-state index contributed by atoms with van der Waals surface area (Å²) in [7, 11) is 1.70. The number of carbonyl (C=O) groups excluding carboxylic acids is 1.